The summed E-state index contributed by atoms with van der Waals surface area (Å²) in [6, 6.07) is 2.40. The van der Waals surface area contributed by atoms with Gasteiger partial charge < -0.3 is 14.6 Å². The van der Waals surface area contributed by atoms with Crippen LogP contribution >= 0.6 is 0 Å². The molecule has 96 valence electrons. The standard InChI is InChI=1S/C13H18N4O/c1-2-17-12-3-4-14-8-11(12)16-13(17)7-10-9-18-6-5-15-10/h3-4,8,10,15H,2,5-7,9H2,1H3. The molecule has 0 spiro atoms. The zero-order chi connectivity index (χ0) is 12.4. The highest BCUT2D eigenvalue weighted by Gasteiger charge is 2.17. The molecule has 2 aromatic rings. The number of morpholine rings is 1. The molecule has 1 N–H and O–H groups in total. The van der Waals surface area contributed by atoms with Gasteiger partial charge in [0, 0.05) is 31.7 Å². The Kier molecular flexibility index (Phi) is 3.25. The number of fused-ring (bicyclic) bond motifs is 1. The number of ether oxygens (including phenoxy) is 1. The molecule has 0 radical (unpaired) electrons. The second-order valence-electron chi connectivity index (χ2n) is 4.57. The molecule has 0 aliphatic carbocycles. The van der Waals surface area contributed by atoms with Crippen molar-refractivity contribution in [3.8, 4) is 0 Å². The maximum Gasteiger partial charge on any atom is 0.111 e. The molecule has 1 unspecified atom stereocenters. The van der Waals surface area contributed by atoms with Crippen LogP contribution in [0.4, 0.5) is 0 Å². The van der Waals surface area contributed by atoms with E-state index in [0.29, 0.717) is 6.04 Å². The minimum absolute atomic E-state index is 0.369. The number of hydrogen-bond acceptors (Lipinski definition) is 4. The fourth-order valence-electron chi connectivity index (χ4n) is 2.51. The van der Waals surface area contributed by atoms with Crippen LogP contribution in [-0.4, -0.2) is 40.3 Å². The molecule has 18 heavy (non-hydrogen) atoms. The van der Waals surface area contributed by atoms with Crippen LogP contribution in [0.3, 0.4) is 0 Å². The van der Waals surface area contributed by atoms with E-state index in [1.54, 1.807) is 0 Å². The van der Waals surface area contributed by atoms with E-state index in [1.165, 1.54) is 5.52 Å². The van der Waals surface area contributed by atoms with Crippen LogP contribution in [0, 0.1) is 0 Å². The van der Waals surface area contributed by atoms with Crippen LogP contribution in [0.15, 0.2) is 18.5 Å². The number of aryl methyl sites for hydroxylation is 1. The van der Waals surface area contributed by atoms with Crippen LogP contribution in [0.1, 0.15) is 12.7 Å². The SMILES string of the molecule is CCn1c(CC2COCCN2)nc2cnccc21. The van der Waals surface area contributed by atoms with Gasteiger partial charge in [0.2, 0.25) is 0 Å². The number of hydrogen-bond donors (Lipinski definition) is 1. The first-order valence-corrected chi connectivity index (χ1v) is 6.48. The fourth-order valence-corrected chi connectivity index (χ4v) is 2.51. The zero-order valence-corrected chi connectivity index (χ0v) is 10.6. The number of rotatable bonds is 3. The lowest BCUT2D eigenvalue weighted by Gasteiger charge is -2.23. The Labute approximate surface area is 106 Å². The average Bonchev–Trinajstić information content (AvgIpc) is 2.77. The Morgan fingerprint density at radius 3 is 3.28 bits per heavy atom. The summed E-state index contributed by atoms with van der Waals surface area (Å²) in [5, 5.41) is 3.47. The first kappa shape index (κ1) is 11.6. The van der Waals surface area contributed by atoms with Crippen molar-refractivity contribution in [3.05, 3.63) is 24.3 Å². The maximum atomic E-state index is 5.49. The molecular formula is C13H18N4O. The Hall–Kier alpha value is -1.46. The molecule has 0 aromatic carbocycles. The highest BCUT2D eigenvalue weighted by atomic mass is 16.5. The van der Waals surface area contributed by atoms with E-state index in [2.05, 4.69) is 26.8 Å². The van der Waals surface area contributed by atoms with E-state index in [4.69, 9.17) is 4.74 Å². The van der Waals surface area contributed by atoms with Gasteiger partial charge in [-0.05, 0) is 13.0 Å². The van der Waals surface area contributed by atoms with Gasteiger partial charge in [0.25, 0.3) is 0 Å². The summed E-state index contributed by atoms with van der Waals surface area (Å²) < 4.78 is 7.75. The van der Waals surface area contributed by atoms with E-state index in [0.717, 1.165) is 44.1 Å². The molecule has 3 rings (SSSR count). The van der Waals surface area contributed by atoms with Crippen molar-refractivity contribution >= 4 is 11.0 Å². The Bertz CT molecular complexity index is 531. The Balaban J connectivity index is 1.90. The second kappa shape index (κ2) is 5.04. The summed E-state index contributed by atoms with van der Waals surface area (Å²) >= 11 is 0. The van der Waals surface area contributed by atoms with E-state index in [9.17, 15) is 0 Å². The average molecular weight is 246 g/mol. The van der Waals surface area contributed by atoms with Gasteiger partial charge in [-0.2, -0.15) is 0 Å². The smallest absolute Gasteiger partial charge is 0.111 e. The molecule has 5 nitrogen and oxygen atoms in total. The largest absolute Gasteiger partial charge is 0.379 e. The number of nitrogens with zero attached hydrogens (tertiary/aromatic N) is 3. The molecule has 0 saturated carbocycles. The summed E-state index contributed by atoms with van der Waals surface area (Å²) in [7, 11) is 0. The monoisotopic (exact) mass is 246 g/mol. The molecule has 1 atom stereocenters. The normalized spacial score (nSPS) is 20.4. The Morgan fingerprint density at radius 2 is 2.50 bits per heavy atom. The molecule has 0 bridgehead atoms. The van der Waals surface area contributed by atoms with E-state index in [1.807, 2.05) is 18.5 Å². The van der Waals surface area contributed by atoms with Gasteiger partial charge >= 0.3 is 0 Å². The summed E-state index contributed by atoms with van der Waals surface area (Å²) in [5.74, 6) is 1.11. The molecule has 1 aliphatic rings. The van der Waals surface area contributed by atoms with Gasteiger partial charge in [-0.3, -0.25) is 4.98 Å². The minimum atomic E-state index is 0.369. The topological polar surface area (TPSA) is 52.0 Å². The minimum Gasteiger partial charge on any atom is -0.379 e. The number of nitrogens with one attached hydrogen (secondary N) is 1. The van der Waals surface area contributed by atoms with Crippen molar-refractivity contribution in [1.29, 1.82) is 0 Å². The van der Waals surface area contributed by atoms with Crippen LogP contribution in [0.2, 0.25) is 0 Å². The molecule has 1 saturated heterocycles. The Morgan fingerprint density at radius 1 is 1.56 bits per heavy atom. The summed E-state index contributed by atoms with van der Waals surface area (Å²) in [5.41, 5.74) is 2.14. The van der Waals surface area contributed by atoms with Crippen molar-refractivity contribution in [1.82, 2.24) is 19.9 Å². The van der Waals surface area contributed by atoms with Crippen LogP contribution in [-0.2, 0) is 17.7 Å². The maximum absolute atomic E-state index is 5.49. The van der Waals surface area contributed by atoms with Crippen LogP contribution in [0.5, 0.6) is 0 Å². The van der Waals surface area contributed by atoms with Crippen molar-refractivity contribution < 1.29 is 4.74 Å². The van der Waals surface area contributed by atoms with Gasteiger partial charge in [-0.1, -0.05) is 0 Å². The highest BCUT2D eigenvalue weighted by molar-refractivity contribution is 5.74. The van der Waals surface area contributed by atoms with Gasteiger partial charge in [-0.15, -0.1) is 0 Å². The van der Waals surface area contributed by atoms with Crippen LogP contribution in [0.25, 0.3) is 11.0 Å². The molecule has 3 heterocycles. The van der Waals surface area contributed by atoms with Crippen molar-refractivity contribution in [2.45, 2.75) is 25.9 Å². The summed E-state index contributed by atoms with van der Waals surface area (Å²) in [6.07, 6.45) is 4.56. The number of aromatic nitrogens is 3. The van der Waals surface area contributed by atoms with Crippen molar-refractivity contribution in [2.24, 2.45) is 0 Å². The van der Waals surface area contributed by atoms with E-state index < -0.39 is 0 Å². The number of imidazole rings is 1. The molecule has 0 amide bonds. The zero-order valence-electron chi connectivity index (χ0n) is 10.6. The lowest BCUT2D eigenvalue weighted by atomic mass is 10.2. The van der Waals surface area contributed by atoms with Gasteiger partial charge in [0.15, 0.2) is 0 Å². The molecule has 1 aliphatic heterocycles. The first-order valence-electron chi connectivity index (χ1n) is 6.48. The fraction of sp³-hybridized carbons (Fsp3) is 0.538. The molecule has 2 aromatic heterocycles. The van der Waals surface area contributed by atoms with E-state index >= 15 is 0 Å². The third-order valence-electron chi connectivity index (χ3n) is 3.37. The molecule has 5 heteroatoms. The third kappa shape index (κ3) is 2.11. The first-order chi connectivity index (χ1) is 8.88. The third-order valence-corrected chi connectivity index (χ3v) is 3.37. The lowest BCUT2D eigenvalue weighted by molar-refractivity contribution is 0.0762. The van der Waals surface area contributed by atoms with E-state index in [-0.39, 0.29) is 0 Å². The predicted molar refractivity (Wildman–Crippen MR) is 69.5 cm³/mol. The van der Waals surface area contributed by atoms with Crippen molar-refractivity contribution in [2.75, 3.05) is 19.8 Å². The van der Waals surface area contributed by atoms with Crippen molar-refractivity contribution in [3.63, 3.8) is 0 Å². The van der Waals surface area contributed by atoms with Gasteiger partial charge in [0.1, 0.15) is 11.3 Å². The lowest BCUT2D eigenvalue weighted by Crippen LogP contribution is -2.43. The highest BCUT2D eigenvalue weighted by Crippen LogP contribution is 2.16. The number of pyridine rings is 1. The molecule has 1 fully saturated rings. The second-order valence-corrected chi connectivity index (χ2v) is 4.57. The molecular weight excluding hydrogens is 228 g/mol. The van der Waals surface area contributed by atoms with Gasteiger partial charge in [0.05, 0.1) is 24.9 Å². The summed E-state index contributed by atoms with van der Waals surface area (Å²) in [6.45, 7) is 5.59. The van der Waals surface area contributed by atoms with Crippen LogP contribution < -0.4 is 5.32 Å². The summed E-state index contributed by atoms with van der Waals surface area (Å²) in [4.78, 5) is 8.81. The quantitative estimate of drug-likeness (QED) is 0.877. The predicted octanol–water partition coefficient (Wildman–Crippen LogP) is 0.982. The van der Waals surface area contributed by atoms with Gasteiger partial charge in [-0.25, -0.2) is 4.98 Å².